The Balaban J connectivity index is 1.69. The van der Waals surface area contributed by atoms with Gasteiger partial charge in [-0.15, -0.1) is 0 Å². The van der Waals surface area contributed by atoms with Gasteiger partial charge in [-0.3, -0.25) is 4.68 Å². The van der Waals surface area contributed by atoms with Crippen LogP contribution < -0.4 is 5.32 Å². The van der Waals surface area contributed by atoms with Crippen molar-refractivity contribution >= 4 is 0 Å². The standard InChI is InChI=1S/C15H25N3O/c1-2-19-11-14-8-16-7-13-10-18(17-15(13)14)9-12-5-3-4-6-12/h10,12,14,16H,2-9,11H2,1H3/t14-/m0/s1. The summed E-state index contributed by atoms with van der Waals surface area (Å²) in [6, 6.07) is 0. The molecular formula is C15H25N3O. The van der Waals surface area contributed by atoms with E-state index < -0.39 is 0 Å². The lowest BCUT2D eigenvalue weighted by Crippen LogP contribution is -2.30. The van der Waals surface area contributed by atoms with Gasteiger partial charge in [0.05, 0.1) is 12.3 Å². The second-order valence-electron chi connectivity index (χ2n) is 5.90. The van der Waals surface area contributed by atoms with Gasteiger partial charge in [0.25, 0.3) is 0 Å². The van der Waals surface area contributed by atoms with Gasteiger partial charge in [-0.1, -0.05) is 12.8 Å². The molecule has 1 N–H and O–H groups in total. The van der Waals surface area contributed by atoms with Crippen LogP contribution in [0.15, 0.2) is 6.20 Å². The van der Waals surface area contributed by atoms with Crippen molar-refractivity contribution in [2.45, 2.75) is 51.6 Å². The van der Waals surface area contributed by atoms with Gasteiger partial charge in [0.2, 0.25) is 0 Å². The molecule has 1 aromatic rings. The molecule has 2 aliphatic rings. The first kappa shape index (κ1) is 13.1. The van der Waals surface area contributed by atoms with Crippen LogP contribution in [-0.2, 0) is 17.8 Å². The van der Waals surface area contributed by atoms with Crippen molar-refractivity contribution in [2.24, 2.45) is 5.92 Å². The highest BCUT2D eigenvalue weighted by atomic mass is 16.5. The second-order valence-corrected chi connectivity index (χ2v) is 5.90. The fourth-order valence-electron chi connectivity index (χ4n) is 3.38. The molecule has 0 aromatic carbocycles. The van der Waals surface area contributed by atoms with E-state index in [2.05, 4.69) is 23.1 Å². The lowest BCUT2D eigenvalue weighted by atomic mass is 9.99. The van der Waals surface area contributed by atoms with E-state index in [4.69, 9.17) is 9.84 Å². The molecular weight excluding hydrogens is 238 g/mol. The first-order chi connectivity index (χ1) is 9.36. The monoisotopic (exact) mass is 263 g/mol. The molecule has 1 aromatic heterocycles. The Morgan fingerprint density at radius 3 is 3.05 bits per heavy atom. The van der Waals surface area contributed by atoms with Crippen LogP contribution in [-0.4, -0.2) is 29.5 Å². The van der Waals surface area contributed by atoms with Gasteiger partial charge in [-0.05, 0) is 25.7 Å². The number of rotatable bonds is 5. The maximum atomic E-state index is 5.58. The predicted octanol–water partition coefficient (Wildman–Crippen LogP) is 2.30. The number of nitrogens with one attached hydrogen (secondary N) is 1. The van der Waals surface area contributed by atoms with Crippen molar-refractivity contribution in [3.63, 3.8) is 0 Å². The normalized spacial score (nSPS) is 23.7. The molecule has 4 heteroatoms. The minimum atomic E-state index is 0.425. The smallest absolute Gasteiger partial charge is 0.0736 e. The van der Waals surface area contributed by atoms with Crippen molar-refractivity contribution in [1.82, 2.24) is 15.1 Å². The minimum Gasteiger partial charge on any atom is -0.381 e. The summed E-state index contributed by atoms with van der Waals surface area (Å²) in [4.78, 5) is 0. The van der Waals surface area contributed by atoms with E-state index in [9.17, 15) is 0 Å². The number of aromatic nitrogens is 2. The van der Waals surface area contributed by atoms with Crippen molar-refractivity contribution in [2.75, 3.05) is 19.8 Å². The van der Waals surface area contributed by atoms with E-state index in [0.29, 0.717) is 5.92 Å². The van der Waals surface area contributed by atoms with Crippen molar-refractivity contribution < 1.29 is 4.74 Å². The first-order valence-electron chi connectivity index (χ1n) is 7.71. The lowest BCUT2D eigenvalue weighted by molar-refractivity contribution is 0.128. The summed E-state index contributed by atoms with van der Waals surface area (Å²) < 4.78 is 7.77. The molecule has 2 heterocycles. The van der Waals surface area contributed by atoms with E-state index in [1.807, 2.05) is 0 Å². The molecule has 0 unspecified atom stereocenters. The summed E-state index contributed by atoms with van der Waals surface area (Å²) >= 11 is 0. The molecule has 106 valence electrons. The quantitative estimate of drug-likeness (QED) is 0.886. The molecule has 0 bridgehead atoms. The number of hydrogen-bond donors (Lipinski definition) is 1. The molecule has 0 radical (unpaired) electrons. The topological polar surface area (TPSA) is 39.1 Å². The van der Waals surface area contributed by atoms with E-state index in [0.717, 1.165) is 38.8 Å². The molecule has 1 aliphatic carbocycles. The molecule has 3 rings (SSSR count). The Hall–Kier alpha value is -0.870. The van der Waals surface area contributed by atoms with Gasteiger partial charge in [0.15, 0.2) is 0 Å². The van der Waals surface area contributed by atoms with Crippen LogP contribution >= 0.6 is 0 Å². The third-order valence-corrected chi connectivity index (χ3v) is 4.41. The zero-order chi connectivity index (χ0) is 13.1. The molecule has 0 saturated heterocycles. The fourth-order valence-corrected chi connectivity index (χ4v) is 3.38. The van der Waals surface area contributed by atoms with Crippen molar-refractivity contribution in [3.05, 3.63) is 17.5 Å². The van der Waals surface area contributed by atoms with Crippen LogP contribution in [0.5, 0.6) is 0 Å². The van der Waals surface area contributed by atoms with Gasteiger partial charge in [-0.25, -0.2) is 0 Å². The Morgan fingerprint density at radius 2 is 2.26 bits per heavy atom. The Morgan fingerprint density at radius 1 is 1.42 bits per heavy atom. The summed E-state index contributed by atoms with van der Waals surface area (Å²) in [7, 11) is 0. The molecule has 1 aliphatic heterocycles. The minimum absolute atomic E-state index is 0.425. The Bertz CT molecular complexity index is 410. The molecule has 1 saturated carbocycles. The van der Waals surface area contributed by atoms with Gasteiger partial charge < -0.3 is 10.1 Å². The summed E-state index contributed by atoms with van der Waals surface area (Å²) in [5.41, 5.74) is 2.64. The van der Waals surface area contributed by atoms with Crippen LogP contribution in [0.1, 0.15) is 49.8 Å². The van der Waals surface area contributed by atoms with Crippen LogP contribution in [0.2, 0.25) is 0 Å². The van der Waals surface area contributed by atoms with Gasteiger partial charge in [0, 0.05) is 43.9 Å². The maximum Gasteiger partial charge on any atom is 0.0736 e. The summed E-state index contributed by atoms with van der Waals surface area (Å²) in [5, 5.41) is 8.32. The second kappa shape index (κ2) is 6.06. The predicted molar refractivity (Wildman–Crippen MR) is 75.1 cm³/mol. The fraction of sp³-hybridized carbons (Fsp3) is 0.800. The van der Waals surface area contributed by atoms with Gasteiger partial charge in [-0.2, -0.15) is 5.10 Å². The largest absolute Gasteiger partial charge is 0.381 e. The van der Waals surface area contributed by atoms with E-state index >= 15 is 0 Å². The van der Waals surface area contributed by atoms with E-state index in [-0.39, 0.29) is 0 Å². The molecule has 0 spiro atoms. The van der Waals surface area contributed by atoms with Gasteiger partial charge >= 0.3 is 0 Å². The molecule has 0 amide bonds. The van der Waals surface area contributed by atoms with Crippen molar-refractivity contribution in [3.8, 4) is 0 Å². The van der Waals surface area contributed by atoms with Crippen LogP contribution in [0.4, 0.5) is 0 Å². The Labute approximate surface area is 115 Å². The maximum absolute atomic E-state index is 5.58. The third kappa shape index (κ3) is 3.00. The summed E-state index contributed by atoms with van der Waals surface area (Å²) in [5.74, 6) is 1.27. The molecule has 4 nitrogen and oxygen atoms in total. The first-order valence-corrected chi connectivity index (χ1v) is 7.71. The Kier molecular flexibility index (Phi) is 4.18. The lowest BCUT2D eigenvalue weighted by Gasteiger charge is -2.21. The van der Waals surface area contributed by atoms with Gasteiger partial charge in [0.1, 0.15) is 0 Å². The zero-order valence-electron chi connectivity index (χ0n) is 11.9. The highest BCUT2D eigenvalue weighted by Crippen LogP contribution is 2.28. The average Bonchev–Trinajstić information content (AvgIpc) is 3.05. The molecule has 19 heavy (non-hydrogen) atoms. The van der Waals surface area contributed by atoms with Crippen LogP contribution in [0.3, 0.4) is 0 Å². The third-order valence-electron chi connectivity index (χ3n) is 4.41. The van der Waals surface area contributed by atoms with E-state index in [1.54, 1.807) is 0 Å². The summed E-state index contributed by atoms with van der Waals surface area (Å²) in [6.45, 7) is 6.69. The SMILES string of the molecule is CCOC[C@@H]1CNCc2cn(CC3CCCC3)nc21. The highest BCUT2D eigenvalue weighted by Gasteiger charge is 2.24. The highest BCUT2D eigenvalue weighted by molar-refractivity contribution is 5.24. The average molecular weight is 263 g/mol. The number of fused-ring (bicyclic) bond motifs is 1. The molecule has 1 atom stereocenters. The number of hydrogen-bond acceptors (Lipinski definition) is 3. The number of nitrogens with zero attached hydrogens (tertiary/aromatic N) is 2. The van der Waals surface area contributed by atoms with Crippen LogP contribution in [0, 0.1) is 5.92 Å². The molecule has 1 fully saturated rings. The van der Waals surface area contributed by atoms with Crippen molar-refractivity contribution in [1.29, 1.82) is 0 Å². The zero-order valence-corrected chi connectivity index (χ0v) is 11.9. The number of ether oxygens (including phenoxy) is 1. The van der Waals surface area contributed by atoms with Crippen LogP contribution in [0.25, 0.3) is 0 Å². The summed E-state index contributed by atoms with van der Waals surface area (Å²) in [6.07, 6.45) is 7.81. The van der Waals surface area contributed by atoms with E-state index in [1.165, 1.54) is 36.9 Å².